The number of halogens is 1. The summed E-state index contributed by atoms with van der Waals surface area (Å²) in [7, 11) is -3.59. The summed E-state index contributed by atoms with van der Waals surface area (Å²) in [5, 5.41) is 7.47. The highest BCUT2D eigenvalue weighted by molar-refractivity contribution is 9.11. The zero-order chi connectivity index (χ0) is 14.3. The average Bonchev–Trinajstić information content (AvgIpc) is 2.98. The molecule has 0 fully saturated rings. The van der Waals surface area contributed by atoms with Gasteiger partial charge in [0.05, 0.1) is 21.2 Å². The number of hydrogen-bond donors (Lipinski definition) is 2. The van der Waals surface area contributed by atoms with Crippen LogP contribution in [0.1, 0.15) is 5.56 Å². The minimum Gasteiger partial charge on any atom is -0.278 e. The number of fused-ring (bicyclic) bond motifs is 1. The molecule has 8 heteroatoms. The summed E-state index contributed by atoms with van der Waals surface area (Å²) < 4.78 is 28.5. The van der Waals surface area contributed by atoms with Crippen LogP contribution in [0.25, 0.3) is 10.9 Å². The van der Waals surface area contributed by atoms with Gasteiger partial charge in [-0.2, -0.15) is 5.10 Å². The fourth-order valence-corrected chi connectivity index (χ4v) is 5.12. The van der Waals surface area contributed by atoms with Gasteiger partial charge >= 0.3 is 0 Å². The molecule has 0 spiro atoms. The van der Waals surface area contributed by atoms with Gasteiger partial charge < -0.3 is 0 Å². The SMILES string of the molecule is Cc1cc(S(=O)(=O)Nc2cccc3[nH]ncc23)sc1Br. The van der Waals surface area contributed by atoms with Crippen LogP contribution in [0.4, 0.5) is 5.69 Å². The molecule has 1 aromatic carbocycles. The monoisotopic (exact) mass is 371 g/mol. The van der Waals surface area contributed by atoms with Crippen molar-refractivity contribution in [3.63, 3.8) is 0 Å². The predicted octanol–water partition coefficient (Wildman–Crippen LogP) is 3.50. The Labute approximate surface area is 128 Å². The van der Waals surface area contributed by atoms with Crippen LogP contribution in [0.2, 0.25) is 0 Å². The van der Waals surface area contributed by atoms with Crippen LogP contribution in [0.3, 0.4) is 0 Å². The molecule has 0 atom stereocenters. The molecule has 3 aromatic rings. The first-order valence-corrected chi connectivity index (χ1v) is 8.77. The van der Waals surface area contributed by atoms with Crippen LogP contribution in [-0.4, -0.2) is 18.6 Å². The number of aromatic amines is 1. The van der Waals surface area contributed by atoms with E-state index in [0.717, 1.165) is 20.3 Å². The highest BCUT2D eigenvalue weighted by Gasteiger charge is 2.19. The van der Waals surface area contributed by atoms with Crippen LogP contribution in [-0.2, 0) is 10.0 Å². The third-order valence-corrected chi connectivity index (χ3v) is 6.80. The van der Waals surface area contributed by atoms with Gasteiger partial charge in [0.1, 0.15) is 4.21 Å². The third kappa shape index (κ3) is 2.34. The zero-order valence-electron chi connectivity index (χ0n) is 10.3. The lowest BCUT2D eigenvalue weighted by molar-refractivity contribution is 0.603. The van der Waals surface area contributed by atoms with Gasteiger partial charge in [-0.05, 0) is 46.6 Å². The Bertz CT molecular complexity index is 864. The number of nitrogens with zero attached hydrogens (tertiary/aromatic N) is 1. The van der Waals surface area contributed by atoms with E-state index in [2.05, 4.69) is 30.8 Å². The second kappa shape index (κ2) is 4.87. The second-order valence-corrected chi connectivity index (χ2v) is 8.54. The van der Waals surface area contributed by atoms with Crippen LogP contribution in [0.5, 0.6) is 0 Å². The van der Waals surface area contributed by atoms with Gasteiger partial charge in [-0.1, -0.05) is 6.07 Å². The molecule has 0 aliphatic heterocycles. The van der Waals surface area contributed by atoms with Crippen molar-refractivity contribution >= 4 is 53.9 Å². The molecule has 3 rings (SSSR count). The maximum Gasteiger partial charge on any atom is 0.271 e. The predicted molar refractivity (Wildman–Crippen MR) is 83.7 cm³/mol. The highest BCUT2D eigenvalue weighted by Crippen LogP contribution is 2.32. The topological polar surface area (TPSA) is 74.8 Å². The zero-order valence-corrected chi connectivity index (χ0v) is 13.6. The molecule has 104 valence electrons. The Kier molecular flexibility index (Phi) is 3.31. The molecule has 0 saturated carbocycles. The highest BCUT2D eigenvalue weighted by atomic mass is 79.9. The minimum atomic E-state index is -3.59. The van der Waals surface area contributed by atoms with Crippen molar-refractivity contribution in [1.29, 1.82) is 0 Å². The van der Waals surface area contributed by atoms with Gasteiger partial charge in [-0.15, -0.1) is 11.3 Å². The van der Waals surface area contributed by atoms with Crippen molar-refractivity contribution in [3.8, 4) is 0 Å². The summed E-state index contributed by atoms with van der Waals surface area (Å²) in [6.07, 6.45) is 1.60. The largest absolute Gasteiger partial charge is 0.278 e. The number of benzene rings is 1. The van der Waals surface area contributed by atoms with Crippen molar-refractivity contribution in [2.24, 2.45) is 0 Å². The fourth-order valence-electron chi connectivity index (χ4n) is 1.82. The number of aromatic nitrogens is 2. The Balaban J connectivity index is 2.03. The first-order chi connectivity index (χ1) is 9.47. The molecule has 0 bridgehead atoms. The van der Waals surface area contributed by atoms with E-state index in [1.807, 2.05) is 13.0 Å². The van der Waals surface area contributed by atoms with Crippen LogP contribution >= 0.6 is 27.3 Å². The lowest BCUT2D eigenvalue weighted by Gasteiger charge is -2.06. The molecule has 0 aliphatic carbocycles. The van der Waals surface area contributed by atoms with E-state index < -0.39 is 10.0 Å². The Morgan fingerprint density at radius 3 is 2.90 bits per heavy atom. The molecular weight excluding hydrogens is 362 g/mol. The lowest BCUT2D eigenvalue weighted by Crippen LogP contribution is -2.11. The third-order valence-electron chi connectivity index (χ3n) is 2.83. The first kappa shape index (κ1) is 13.6. The number of nitrogens with one attached hydrogen (secondary N) is 2. The van der Waals surface area contributed by atoms with Crippen LogP contribution < -0.4 is 4.72 Å². The maximum absolute atomic E-state index is 12.4. The van der Waals surface area contributed by atoms with Crippen molar-refractivity contribution in [2.45, 2.75) is 11.1 Å². The van der Waals surface area contributed by atoms with E-state index >= 15 is 0 Å². The molecule has 0 saturated heterocycles. The summed E-state index contributed by atoms with van der Waals surface area (Å²) in [6, 6.07) is 6.97. The van der Waals surface area contributed by atoms with Gasteiger partial charge in [-0.3, -0.25) is 9.82 Å². The van der Waals surface area contributed by atoms with Crippen LogP contribution in [0.15, 0.2) is 38.5 Å². The normalized spacial score (nSPS) is 11.9. The first-order valence-electron chi connectivity index (χ1n) is 5.68. The van der Waals surface area contributed by atoms with E-state index in [4.69, 9.17) is 0 Å². The van der Waals surface area contributed by atoms with Gasteiger partial charge in [0.2, 0.25) is 0 Å². The summed E-state index contributed by atoms with van der Waals surface area (Å²) in [4.78, 5) is 0. The Morgan fingerprint density at radius 1 is 1.40 bits per heavy atom. The standard InChI is InChI=1S/C12H10BrN3O2S2/c1-7-5-11(19-12(7)13)20(17,18)16-10-4-2-3-9-8(10)6-14-15-9/h2-6,16H,1H3,(H,14,15). The summed E-state index contributed by atoms with van der Waals surface area (Å²) in [5.74, 6) is 0. The molecule has 0 unspecified atom stereocenters. The molecule has 2 aromatic heterocycles. The average molecular weight is 372 g/mol. The minimum absolute atomic E-state index is 0.280. The Morgan fingerprint density at radius 2 is 2.20 bits per heavy atom. The summed E-state index contributed by atoms with van der Waals surface area (Å²) in [6.45, 7) is 1.86. The number of sulfonamides is 1. The number of aryl methyl sites for hydroxylation is 1. The van der Waals surface area contributed by atoms with E-state index in [-0.39, 0.29) is 4.21 Å². The number of thiophene rings is 1. The molecule has 5 nitrogen and oxygen atoms in total. The van der Waals surface area contributed by atoms with Gasteiger partial charge in [0, 0.05) is 5.39 Å². The van der Waals surface area contributed by atoms with Crippen LogP contribution in [0, 0.1) is 6.92 Å². The number of hydrogen-bond acceptors (Lipinski definition) is 4. The quantitative estimate of drug-likeness (QED) is 0.739. The molecule has 0 aliphatic rings. The van der Waals surface area contributed by atoms with Gasteiger partial charge in [0.25, 0.3) is 10.0 Å². The molecule has 0 radical (unpaired) electrons. The summed E-state index contributed by atoms with van der Waals surface area (Å²) in [5.41, 5.74) is 2.20. The van der Waals surface area contributed by atoms with E-state index in [1.54, 1.807) is 24.4 Å². The fraction of sp³-hybridized carbons (Fsp3) is 0.0833. The Hall–Kier alpha value is -1.38. The number of rotatable bonds is 3. The van der Waals surface area contributed by atoms with Crippen molar-refractivity contribution in [2.75, 3.05) is 4.72 Å². The van der Waals surface area contributed by atoms with E-state index in [1.165, 1.54) is 11.3 Å². The molecule has 2 heterocycles. The van der Waals surface area contributed by atoms with Crippen molar-refractivity contribution in [3.05, 3.63) is 39.8 Å². The smallest absolute Gasteiger partial charge is 0.271 e. The number of anilines is 1. The number of H-pyrrole nitrogens is 1. The maximum atomic E-state index is 12.4. The van der Waals surface area contributed by atoms with E-state index in [9.17, 15) is 8.42 Å². The van der Waals surface area contributed by atoms with Gasteiger partial charge in [-0.25, -0.2) is 8.42 Å². The molecule has 0 amide bonds. The van der Waals surface area contributed by atoms with Crippen molar-refractivity contribution < 1.29 is 8.42 Å². The summed E-state index contributed by atoms with van der Waals surface area (Å²) >= 11 is 4.53. The molecule has 2 N–H and O–H groups in total. The second-order valence-electron chi connectivity index (χ2n) is 4.26. The van der Waals surface area contributed by atoms with Gasteiger partial charge in [0.15, 0.2) is 0 Å². The lowest BCUT2D eigenvalue weighted by atomic mass is 10.2. The van der Waals surface area contributed by atoms with E-state index in [0.29, 0.717) is 5.69 Å². The molecule has 20 heavy (non-hydrogen) atoms. The van der Waals surface area contributed by atoms with Crippen molar-refractivity contribution in [1.82, 2.24) is 10.2 Å². The molecular formula is C12H10BrN3O2S2.